The number of aromatic nitrogens is 3. The first-order valence-electron chi connectivity index (χ1n) is 10.3. The fourth-order valence-electron chi connectivity index (χ4n) is 3.39. The molecule has 2 aliphatic heterocycles. The van der Waals surface area contributed by atoms with Gasteiger partial charge >= 0.3 is 12.1 Å². The summed E-state index contributed by atoms with van der Waals surface area (Å²) < 4.78 is 12.4. The van der Waals surface area contributed by atoms with Crippen molar-refractivity contribution in [2.75, 3.05) is 19.7 Å². The Bertz CT molecular complexity index is 1070. The molecule has 4 rings (SSSR count). The highest BCUT2D eigenvalue weighted by atomic mass is 16.7. The van der Waals surface area contributed by atoms with Crippen molar-refractivity contribution in [1.29, 1.82) is 0 Å². The fourth-order valence-corrected chi connectivity index (χ4v) is 3.39. The highest BCUT2D eigenvalue weighted by molar-refractivity contribution is 6.21. The molecule has 3 heterocycles. The summed E-state index contributed by atoms with van der Waals surface area (Å²) in [4.78, 5) is 55.9. The van der Waals surface area contributed by atoms with Crippen LogP contribution >= 0.6 is 0 Å². The van der Waals surface area contributed by atoms with Crippen molar-refractivity contribution in [3.63, 3.8) is 0 Å². The van der Waals surface area contributed by atoms with Crippen LogP contribution in [0.4, 0.5) is 4.79 Å². The summed E-state index contributed by atoms with van der Waals surface area (Å²) in [5.74, 6) is -2.46. The Hall–Kier alpha value is -3.80. The van der Waals surface area contributed by atoms with Gasteiger partial charge in [-0.15, -0.1) is 5.10 Å². The number of benzene rings is 1. The molecule has 0 radical (unpaired) electrons. The summed E-state index contributed by atoms with van der Waals surface area (Å²) in [6.07, 6.45) is 0.490. The molecule has 0 N–H and O–H groups in total. The van der Waals surface area contributed by atoms with E-state index in [1.54, 1.807) is 37.8 Å². The Balaban J connectivity index is 1.35. The number of hydrogen-bond donors (Lipinski definition) is 0. The minimum absolute atomic E-state index is 0.156. The van der Waals surface area contributed by atoms with Gasteiger partial charge in [0.25, 0.3) is 11.8 Å². The second-order valence-electron chi connectivity index (χ2n) is 8.57. The molecular formula is C21H23N5O7. The van der Waals surface area contributed by atoms with Crippen LogP contribution in [0.5, 0.6) is 0 Å². The van der Waals surface area contributed by atoms with Crippen LogP contribution < -0.4 is 0 Å². The number of ether oxygens (including phenoxy) is 2. The van der Waals surface area contributed by atoms with Crippen LogP contribution in [0.25, 0.3) is 0 Å². The molecule has 1 atom stereocenters. The summed E-state index contributed by atoms with van der Waals surface area (Å²) in [7, 11) is 0. The first kappa shape index (κ1) is 22.4. The SMILES string of the molecule is CC(C)(C)OC(=O)N1CCOC(Cn2cc(C(=O)ON3C(=O)c4ccccc4C3=O)nn2)C1. The Morgan fingerprint density at radius 1 is 1.15 bits per heavy atom. The summed E-state index contributed by atoms with van der Waals surface area (Å²) in [6, 6.07) is 6.17. The monoisotopic (exact) mass is 457 g/mol. The molecule has 2 aromatic rings. The van der Waals surface area contributed by atoms with E-state index in [1.807, 2.05) is 0 Å². The average Bonchev–Trinajstić information content (AvgIpc) is 3.32. The number of amides is 3. The van der Waals surface area contributed by atoms with Crippen molar-refractivity contribution >= 4 is 23.9 Å². The largest absolute Gasteiger partial charge is 0.444 e. The van der Waals surface area contributed by atoms with Crippen molar-refractivity contribution in [3.05, 3.63) is 47.3 Å². The minimum atomic E-state index is -1.00. The third-order valence-electron chi connectivity index (χ3n) is 4.86. The van der Waals surface area contributed by atoms with Crippen LogP contribution in [0, 0.1) is 0 Å². The first-order valence-corrected chi connectivity index (χ1v) is 10.3. The third kappa shape index (κ3) is 4.85. The molecule has 12 nitrogen and oxygen atoms in total. The summed E-state index contributed by atoms with van der Waals surface area (Å²) >= 11 is 0. The van der Waals surface area contributed by atoms with Crippen LogP contribution in [0.2, 0.25) is 0 Å². The quantitative estimate of drug-likeness (QED) is 0.623. The van der Waals surface area contributed by atoms with E-state index in [0.717, 1.165) is 0 Å². The van der Waals surface area contributed by atoms with E-state index in [1.165, 1.54) is 23.0 Å². The van der Waals surface area contributed by atoms with E-state index >= 15 is 0 Å². The van der Waals surface area contributed by atoms with E-state index < -0.39 is 35.6 Å². The molecule has 12 heteroatoms. The topological polar surface area (TPSA) is 133 Å². The number of hydrogen-bond acceptors (Lipinski definition) is 9. The van der Waals surface area contributed by atoms with Crippen LogP contribution in [-0.4, -0.2) is 80.2 Å². The summed E-state index contributed by atoms with van der Waals surface area (Å²) in [6.45, 7) is 6.60. The van der Waals surface area contributed by atoms with Gasteiger partial charge in [0.15, 0.2) is 5.69 Å². The van der Waals surface area contributed by atoms with E-state index in [4.69, 9.17) is 14.3 Å². The van der Waals surface area contributed by atoms with Gasteiger partial charge in [0.05, 0.1) is 43.1 Å². The summed E-state index contributed by atoms with van der Waals surface area (Å²) in [5.41, 5.74) is -0.483. The lowest BCUT2D eigenvalue weighted by molar-refractivity contribution is -0.0588. The molecule has 1 saturated heterocycles. The van der Waals surface area contributed by atoms with Crippen molar-refractivity contribution in [2.24, 2.45) is 0 Å². The molecule has 1 aromatic heterocycles. The molecule has 1 aromatic carbocycles. The number of hydroxylamine groups is 2. The van der Waals surface area contributed by atoms with Crippen molar-refractivity contribution in [2.45, 2.75) is 39.0 Å². The van der Waals surface area contributed by atoms with Gasteiger partial charge in [-0.2, -0.15) is 0 Å². The van der Waals surface area contributed by atoms with E-state index in [2.05, 4.69) is 10.3 Å². The molecular weight excluding hydrogens is 434 g/mol. The Morgan fingerprint density at radius 3 is 2.45 bits per heavy atom. The van der Waals surface area contributed by atoms with Gasteiger partial charge in [-0.1, -0.05) is 22.4 Å². The molecule has 0 aliphatic carbocycles. The molecule has 0 saturated carbocycles. The highest BCUT2D eigenvalue weighted by Gasteiger charge is 2.39. The molecule has 1 unspecified atom stereocenters. The van der Waals surface area contributed by atoms with Gasteiger partial charge in [-0.05, 0) is 32.9 Å². The van der Waals surface area contributed by atoms with Crippen LogP contribution in [0.3, 0.4) is 0 Å². The predicted octanol–water partition coefficient (Wildman–Crippen LogP) is 1.28. The number of nitrogens with zero attached hydrogens (tertiary/aromatic N) is 5. The second-order valence-corrected chi connectivity index (χ2v) is 8.57. The number of carbonyl (C=O) groups is 4. The molecule has 2 aliphatic rings. The standard InChI is InChI=1S/C21H23N5O7/c1-21(2,3)32-20(30)24-8-9-31-13(10-24)11-25-12-16(22-23-25)19(29)33-26-17(27)14-6-4-5-7-15(14)18(26)28/h4-7,12-13H,8-11H2,1-3H3. The van der Waals surface area contributed by atoms with Gasteiger partial charge in [-0.25, -0.2) is 14.3 Å². The molecule has 174 valence electrons. The number of carbonyl (C=O) groups excluding carboxylic acids is 4. The number of imide groups is 1. The maximum atomic E-state index is 12.4. The smallest absolute Gasteiger partial charge is 0.410 e. The van der Waals surface area contributed by atoms with Crippen molar-refractivity contribution < 1.29 is 33.5 Å². The lowest BCUT2D eigenvalue weighted by atomic mass is 10.1. The highest BCUT2D eigenvalue weighted by Crippen LogP contribution is 2.23. The first-order chi connectivity index (χ1) is 15.6. The second kappa shape index (κ2) is 8.62. The van der Waals surface area contributed by atoms with Gasteiger partial charge in [0.2, 0.25) is 0 Å². The maximum absolute atomic E-state index is 12.4. The normalized spacial score (nSPS) is 18.3. The fraction of sp³-hybridized carbons (Fsp3) is 0.429. The predicted molar refractivity (Wildman–Crippen MR) is 110 cm³/mol. The van der Waals surface area contributed by atoms with Crippen LogP contribution in [0.15, 0.2) is 30.5 Å². The zero-order chi connectivity index (χ0) is 23.8. The summed E-state index contributed by atoms with van der Waals surface area (Å²) in [5, 5.41) is 8.04. The van der Waals surface area contributed by atoms with Crippen molar-refractivity contribution in [1.82, 2.24) is 25.0 Å². The molecule has 1 fully saturated rings. The van der Waals surface area contributed by atoms with E-state index in [9.17, 15) is 19.2 Å². The number of morpholine rings is 1. The Morgan fingerprint density at radius 2 is 1.82 bits per heavy atom. The van der Waals surface area contributed by atoms with Gasteiger partial charge in [-0.3, -0.25) is 9.59 Å². The molecule has 0 spiro atoms. The lowest BCUT2D eigenvalue weighted by Crippen LogP contribution is -2.48. The van der Waals surface area contributed by atoms with Crippen molar-refractivity contribution in [3.8, 4) is 0 Å². The average molecular weight is 457 g/mol. The minimum Gasteiger partial charge on any atom is -0.444 e. The van der Waals surface area contributed by atoms with Crippen LogP contribution in [-0.2, 0) is 20.9 Å². The molecule has 33 heavy (non-hydrogen) atoms. The molecule has 0 bridgehead atoms. The zero-order valence-corrected chi connectivity index (χ0v) is 18.4. The van der Waals surface area contributed by atoms with Crippen LogP contribution in [0.1, 0.15) is 52.0 Å². The van der Waals surface area contributed by atoms with Gasteiger partial charge < -0.3 is 19.2 Å². The van der Waals surface area contributed by atoms with E-state index in [-0.39, 0.29) is 29.9 Å². The van der Waals surface area contributed by atoms with E-state index in [0.29, 0.717) is 18.2 Å². The molecule has 3 amide bonds. The Kier molecular flexibility index (Phi) is 5.85. The third-order valence-corrected chi connectivity index (χ3v) is 4.86. The number of rotatable bonds is 4. The zero-order valence-electron chi connectivity index (χ0n) is 18.4. The number of fused-ring (bicyclic) bond motifs is 1. The lowest BCUT2D eigenvalue weighted by Gasteiger charge is -2.34. The maximum Gasteiger partial charge on any atom is 0.410 e. The van der Waals surface area contributed by atoms with Gasteiger partial charge in [0, 0.05) is 6.54 Å². The van der Waals surface area contributed by atoms with Gasteiger partial charge in [0.1, 0.15) is 5.60 Å². The Labute approximate surface area is 188 Å².